The van der Waals surface area contributed by atoms with Gasteiger partial charge < -0.3 is 5.11 Å². The molecule has 0 amide bonds. The summed E-state index contributed by atoms with van der Waals surface area (Å²) in [6, 6.07) is 0.846. The Bertz CT molecular complexity index is 570. The second kappa shape index (κ2) is 5.22. The lowest BCUT2D eigenvalue weighted by Gasteiger charge is -2.16. The van der Waals surface area contributed by atoms with Gasteiger partial charge in [0.05, 0.1) is 16.1 Å². The van der Waals surface area contributed by atoms with Crippen molar-refractivity contribution in [3.05, 3.63) is 40.2 Å². The largest absolute Gasteiger partial charge is 0.416 e. The van der Waals surface area contributed by atoms with Gasteiger partial charge in [0.1, 0.15) is 6.10 Å². The molecular weight excluding hydrogens is 279 g/mol. The highest BCUT2D eigenvalue weighted by atomic mass is 32.1. The van der Waals surface area contributed by atoms with Crippen LogP contribution in [0.2, 0.25) is 0 Å². The van der Waals surface area contributed by atoms with E-state index in [2.05, 4.69) is 14.6 Å². The Morgan fingerprint density at radius 2 is 2.16 bits per heavy atom. The fourth-order valence-corrected chi connectivity index (χ4v) is 2.44. The third-order valence-corrected chi connectivity index (χ3v) is 3.44. The lowest BCUT2D eigenvalue weighted by Crippen LogP contribution is -2.13. The van der Waals surface area contributed by atoms with Gasteiger partial charge in [-0.15, -0.1) is 5.10 Å². The number of aryl methyl sites for hydroxylation is 1. The first-order valence-electron chi connectivity index (χ1n) is 5.45. The molecule has 0 aliphatic carbocycles. The summed E-state index contributed by atoms with van der Waals surface area (Å²) in [6.45, 7) is 1.79. The minimum absolute atomic E-state index is 0.282. The molecule has 102 valence electrons. The van der Waals surface area contributed by atoms with Gasteiger partial charge in [-0.1, -0.05) is 11.4 Å². The van der Waals surface area contributed by atoms with Crippen LogP contribution in [0.5, 0.6) is 0 Å². The fraction of sp³-hybridized carbons (Fsp3) is 0.364. The molecule has 0 bridgehead atoms. The number of aliphatic hydroxyl groups is 1. The van der Waals surface area contributed by atoms with Crippen molar-refractivity contribution in [2.24, 2.45) is 0 Å². The van der Waals surface area contributed by atoms with Crippen molar-refractivity contribution in [2.75, 3.05) is 0 Å². The zero-order valence-corrected chi connectivity index (χ0v) is 10.7. The zero-order chi connectivity index (χ0) is 14.0. The van der Waals surface area contributed by atoms with E-state index in [4.69, 9.17) is 0 Å². The number of alkyl halides is 3. The van der Waals surface area contributed by atoms with Crippen LogP contribution in [0, 0.1) is 0 Å². The molecule has 0 aromatic carbocycles. The lowest BCUT2D eigenvalue weighted by atomic mass is 10.0. The van der Waals surface area contributed by atoms with Crippen molar-refractivity contribution in [3.63, 3.8) is 0 Å². The summed E-state index contributed by atoms with van der Waals surface area (Å²) < 4.78 is 42.3. The zero-order valence-electron chi connectivity index (χ0n) is 9.85. The molecule has 19 heavy (non-hydrogen) atoms. The smallest absolute Gasteiger partial charge is 0.383 e. The van der Waals surface area contributed by atoms with Gasteiger partial charge in [-0.2, -0.15) is 13.2 Å². The molecule has 1 N–H and O–H groups in total. The van der Waals surface area contributed by atoms with Crippen LogP contribution in [0.3, 0.4) is 0 Å². The minimum atomic E-state index is -4.54. The highest BCUT2D eigenvalue weighted by Gasteiger charge is 2.36. The molecule has 2 aromatic heterocycles. The van der Waals surface area contributed by atoms with Crippen molar-refractivity contribution < 1.29 is 18.3 Å². The standard InChI is InChI=1S/C11H10F3N3OS/c1-2-8-10(19-17-16-8)9(18)6-5-15-4-3-7(6)11(12,13)14/h3-5,9,18H,2H2,1H3. The molecule has 0 spiro atoms. The summed E-state index contributed by atoms with van der Waals surface area (Å²) in [5, 5.41) is 13.9. The molecule has 0 saturated carbocycles. The summed E-state index contributed by atoms with van der Waals surface area (Å²) in [6.07, 6.45) is -3.40. The van der Waals surface area contributed by atoms with Crippen LogP contribution in [0.1, 0.15) is 34.7 Å². The molecule has 2 aromatic rings. The van der Waals surface area contributed by atoms with Gasteiger partial charge in [0.15, 0.2) is 0 Å². The molecule has 2 rings (SSSR count). The number of nitrogens with zero attached hydrogens (tertiary/aromatic N) is 3. The van der Waals surface area contributed by atoms with Gasteiger partial charge in [-0.3, -0.25) is 4.98 Å². The summed E-state index contributed by atoms with van der Waals surface area (Å²) in [5.74, 6) is 0. The highest BCUT2D eigenvalue weighted by Crippen LogP contribution is 2.37. The SMILES string of the molecule is CCc1nnsc1C(O)c1cnccc1C(F)(F)F. The Labute approximate surface area is 111 Å². The number of pyridine rings is 1. The van der Waals surface area contributed by atoms with E-state index in [1.165, 1.54) is 0 Å². The first kappa shape index (κ1) is 13.9. The van der Waals surface area contributed by atoms with Crippen LogP contribution in [-0.4, -0.2) is 19.7 Å². The van der Waals surface area contributed by atoms with Crippen molar-refractivity contribution in [3.8, 4) is 0 Å². The van der Waals surface area contributed by atoms with E-state index in [0.29, 0.717) is 17.0 Å². The van der Waals surface area contributed by atoms with Gasteiger partial charge in [-0.05, 0) is 24.0 Å². The predicted octanol–water partition coefficient (Wildman–Crippen LogP) is 2.60. The second-order valence-corrected chi connectivity index (χ2v) is 4.59. The van der Waals surface area contributed by atoms with Crippen LogP contribution in [0.25, 0.3) is 0 Å². The first-order chi connectivity index (χ1) is 8.95. The van der Waals surface area contributed by atoms with Crippen LogP contribution >= 0.6 is 11.5 Å². The first-order valence-corrected chi connectivity index (χ1v) is 6.22. The molecular formula is C11H10F3N3OS. The molecule has 0 radical (unpaired) electrons. The third kappa shape index (κ3) is 2.74. The number of hydrogen-bond acceptors (Lipinski definition) is 5. The number of halogens is 3. The Balaban J connectivity index is 2.48. The molecule has 4 nitrogen and oxygen atoms in total. The number of aliphatic hydroxyl groups excluding tert-OH is 1. The molecule has 8 heteroatoms. The molecule has 1 unspecified atom stereocenters. The summed E-state index contributed by atoms with van der Waals surface area (Å²) >= 11 is 0.890. The average Bonchev–Trinajstić information content (AvgIpc) is 2.85. The monoisotopic (exact) mass is 289 g/mol. The van der Waals surface area contributed by atoms with Crippen molar-refractivity contribution >= 4 is 11.5 Å². The minimum Gasteiger partial charge on any atom is -0.383 e. The highest BCUT2D eigenvalue weighted by molar-refractivity contribution is 7.05. The number of rotatable bonds is 3. The lowest BCUT2D eigenvalue weighted by molar-refractivity contribution is -0.139. The Morgan fingerprint density at radius 3 is 2.79 bits per heavy atom. The fourth-order valence-electron chi connectivity index (χ4n) is 1.69. The second-order valence-electron chi connectivity index (χ2n) is 3.80. The number of aromatic nitrogens is 3. The summed E-state index contributed by atoms with van der Waals surface area (Å²) in [7, 11) is 0. The average molecular weight is 289 g/mol. The van der Waals surface area contributed by atoms with Crippen molar-refractivity contribution in [1.29, 1.82) is 0 Å². The van der Waals surface area contributed by atoms with Crippen molar-refractivity contribution in [2.45, 2.75) is 25.6 Å². The normalized spacial score (nSPS) is 13.5. The van der Waals surface area contributed by atoms with Crippen LogP contribution in [-0.2, 0) is 12.6 Å². The summed E-state index contributed by atoms with van der Waals surface area (Å²) in [4.78, 5) is 3.97. The molecule has 1 atom stereocenters. The van der Waals surface area contributed by atoms with E-state index < -0.39 is 17.8 Å². The van der Waals surface area contributed by atoms with E-state index in [9.17, 15) is 18.3 Å². The van der Waals surface area contributed by atoms with Crippen molar-refractivity contribution in [1.82, 2.24) is 14.6 Å². The Hall–Kier alpha value is -1.54. The summed E-state index contributed by atoms with van der Waals surface area (Å²) in [5.41, 5.74) is -0.685. The van der Waals surface area contributed by atoms with Gasteiger partial charge in [-0.25, -0.2) is 0 Å². The van der Waals surface area contributed by atoms with Gasteiger partial charge >= 0.3 is 6.18 Å². The molecule has 0 saturated heterocycles. The van der Waals surface area contributed by atoms with Gasteiger partial charge in [0.25, 0.3) is 0 Å². The molecule has 0 aliphatic heterocycles. The molecule has 0 fully saturated rings. The maximum atomic E-state index is 12.9. The maximum Gasteiger partial charge on any atom is 0.416 e. The molecule has 0 aliphatic rings. The van der Waals surface area contributed by atoms with E-state index in [-0.39, 0.29) is 5.56 Å². The van der Waals surface area contributed by atoms with Crippen LogP contribution < -0.4 is 0 Å². The predicted molar refractivity (Wildman–Crippen MR) is 62.6 cm³/mol. The van der Waals surface area contributed by atoms with E-state index in [1.54, 1.807) is 6.92 Å². The van der Waals surface area contributed by atoms with Crippen LogP contribution in [0.4, 0.5) is 13.2 Å². The number of hydrogen-bond donors (Lipinski definition) is 1. The molecule has 2 heterocycles. The van der Waals surface area contributed by atoms with E-state index in [0.717, 1.165) is 30.0 Å². The van der Waals surface area contributed by atoms with Gasteiger partial charge in [0, 0.05) is 18.0 Å². The van der Waals surface area contributed by atoms with Crippen LogP contribution in [0.15, 0.2) is 18.5 Å². The topological polar surface area (TPSA) is 58.9 Å². The quantitative estimate of drug-likeness (QED) is 0.943. The Morgan fingerprint density at radius 1 is 1.42 bits per heavy atom. The Kier molecular flexibility index (Phi) is 3.81. The maximum absolute atomic E-state index is 12.9. The third-order valence-electron chi connectivity index (χ3n) is 2.62. The van der Waals surface area contributed by atoms with E-state index in [1.807, 2.05) is 0 Å². The van der Waals surface area contributed by atoms with Gasteiger partial charge in [0.2, 0.25) is 0 Å². The van der Waals surface area contributed by atoms with E-state index >= 15 is 0 Å².